The summed E-state index contributed by atoms with van der Waals surface area (Å²) >= 11 is 0. The van der Waals surface area contributed by atoms with Crippen LogP contribution in [0.2, 0.25) is 0 Å². The molecular formula is C15H13N3O3. The number of anilines is 2. The Labute approximate surface area is 119 Å². The van der Waals surface area contributed by atoms with Crippen LogP contribution in [0.1, 0.15) is 0 Å². The maximum atomic E-state index is 12.0. The molecule has 0 spiro atoms. The number of benzene rings is 2. The summed E-state index contributed by atoms with van der Waals surface area (Å²) < 4.78 is 6.37. The topological polar surface area (TPSA) is 90.3 Å². The summed E-state index contributed by atoms with van der Waals surface area (Å²) in [7, 11) is 0. The zero-order valence-corrected chi connectivity index (χ0v) is 11.1. The molecule has 1 heterocycles. The number of hydrogen-bond donors (Lipinski definition) is 2. The molecule has 0 unspecified atom stereocenters. The molecule has 0 saturated heterocycles. The second-order valence-electron chi connectivity index (χ2n) is 4.59. The van der Waals surface area contributed by atoms with Gasteiger partial charge < -0.3 is 15.5 Å². The van der Waals surface area contributed by atoms with E-state index in [-0.39, 0.29) is 12.5 Å². The number of nitrogen functional groups attached to an aromatic ring is 1. The van der Waals surface area contributed by atoms with Gasteiger partial charge >= 0.3 is 5.76 Å². The van der Waals surface area contributed by atoms with E-state index in [1.165, 1.54) is 4.57 Å². The van der Waals surface area contributed by atoms with Gasteiger partial charge in [0.15, 0.2) is 5.58 Å². The van der Waals surface area contributed by atoms with Gasteiger partial charge in [-0.3, -0.25) is 9.36 Å². The molecule has 0 aliphatic heterocycles. The number of hydrogen-bond acceptors (Lipinski definition) is 4. The Morgan fingerprint density at radius 2 is 1.86 bits per heavy atom. The third kappa shape index (κ3) is 2.64. The van der Waals surface area contributed by atoms with Crippen molar-refractivity contribution in [2.45, 2.75) is 6.54 Å². The summed E-state index contributed by atoms with van der Waals surface area (Å²) in [6, 6.07) is 13.7. The van der Waals surface area contributed by atoms with Crippen LogP contribution in [0.4, 0.5) is 11.4 Å². The Hall–Kier alpha value is -3.02. The normalized spacial score (nSPS) is 10.7. The van der Waals surface area contributed by atoms with Crippen molar-refractivity contribution in [1.29, 1.82) is 0 Å². The second kappa shape index (κ2) is 5.16. The molecular weight excluding hydrogens is 270 g/mol. The molecule has 1 aromatic heterocycles. The van der Waals surface area contributed by atoms with E-state index in [0.29, 0.717) is 22.5 Å². The van der Waals surface area contributed by atoms with E-state index >= 15 is 0 Å². The van der Waals surface area contributed by atoms with E-state index in [0.717, 1.165) is 0 Å². The third-order valence-corrected chi connectivity index (χ3v) is 3.07. The van der Waals surface area contributed by atoms with Crippen LogP contribution < -0.4 is 16.8 Å². The van der Waals surface area contributed by atoms with Crippen molar-refractivity contribution < 1.29 is 9.21 Å². The number of fused-ring (bicyclic) bond motifs is 1. The summed E-state index contributed by atoms with van der Waals surface area (Å²) in [5.74, 6) is -0.864. The smallest absolute Gasteiger partial charge is 0.408 e. The number of nitrogens with one attached hydrogen (secondary N) is 1. The van der Waals surface area contributed by atoms with Crippen LogP contribution in [0.25, 0.3) is 11.1 Å². The predicted octanol–water partition coefficient (Wildman–Crippen LogP) is 1.82. The van der Waals surface area contributed by atoms with E-state index in [2.05, 4.69) is 5.32 Å². The molecule has 0 bridgehead atoms. The highest BCUT2D eigenvalue weighted by atomic mass is 16.4. The van der Waals surface area contributed by atoms with Crippen molar-refractivity contribution in [3.05, 3.63) is 59.1 Å². The lowest BCUT2D eigenvalue weighted by atomic mass is 10.3. The molecule has 0 aliphatic carbocycles. The summed E-state index contributed by atoms with van der Waals surface area (Å²) in [5, 5.41) is 2.70. The first kappa shape index (κ1) is 13.0. The van der Waals surface area contributed by atoms with Gasteiger partial charge in [0, 0.05) is 11.4 Å². The van der Waals surface area contributed by atoms with Crippen LogP contribution in [0.5, 0.6) is 0 Å². The van der Waals surface area contributed by atoms with Gasteiger partial charge in [-0.05, 0) is 36.4 Å². The van der Waals surface area contributed by atoms with Crippen molar-refractivity contribution in [3.63, 3.8) is 0 Å². The molecule has 21 heavy (non-hydrogen) atoms. The van der Waals surface area contributed by atoms with Crippen molar-refractivity contribution in [3.8, 4) is 0 Å². The fourth-order valence-electron chi connectivity index (χ4n) is 2.07. The average Bonchev–Trinajstić information content (AvgIpc) is 2.78. The van der Waals surface area contributed by atoms with E-state index in [1.807, 2.05) is 0 Å². The quantitative estimate of drug-likeness (QED) is 0.717. The largest absolute Gasteiger partial charge is 0.420 e. The molecule has 6 heteroatoms. The Balaban J connectivity index is 1.82. The van der Waals surface area contributed by atoms with Gasteiger partial charge in [-0.1, -0.05) is 12.1 Å². The first-order valence-electron chi connectivity index (χ1n) is 6.37. The maximum Gasteiger partial charge on any atom is 0.420 e. The monoisotopic (exact) mass is 283 g/mol. The summed E-state index contributed by atoms with van der Waals surface area (Å²) in [4.78, 5) is 23.8. The first-order valence-corrected chi connectivity index (χ1v) is 6.37. The molecule has 3 rings (SSSR count). The molecule has 0 saturated carbocycles. The Bertz CT molecular complexity index is 846. The van der Waals surface area contributed by atoms with Crippen LogP contribution in [-0.2, 0) is 11.3 Å². The molecule has 0 radical (unpaired) electrons. The van der Waals surface area contributed by atoms with Gasteiger partial charge in [0.2, 0.25) is 5.91 Å². The van der Waals surface area contributed by atoms with E-state index in [1.54, 1.807) is 48.5 Å². The van der Waals surface area contributed by atoms with Gasteiger partial charge in [-0.15, -0.1) is 0 Å². The van der Waals surface area contributed by atoms with Crippen LogP contribution in [0, 0.1) is 0 Å². The lowest BCUT2D eigenvalue weighted by molar-refractivity contribution is -0.116. The number of aromatic nitrogens is 1. The molecule has 106 valence electrons. The van der Waals surface area contributed by atoms with Gasteiger partial charge in [0.25, 0.3) is 0 Å². The number of para-hydroxylation sites is 2. The molecule has 2 aromatic carbocycles. The van der Waals surface area contributed by atoms with Gasteiger partial charge in [0.1, 0.15) is 6.54 Å². The average molecular weight is 283 g/mol. The number of carbonyl (C=O) groups excluding carboxylic acids is 1. The fourth-order valence-corrected chi connectivity index (χ4v) is 2.07. The lowest BCUT2D eigenvalue weighted by Gasteiger charge is -2.06. The minimum absolute atomic E-state index is 0.111. The number of nitrogens with two attached hydrogens (primary N) is 1. The Morgan fingerprint density at radius 1 is 1.14 bits per heavy atom. The minimum Gasteiger partial charge on any atom is -0.408 e. The molecule has 3 aromatic rings. The van der Waals surface area contributed by atoms with Crippen molar-refractivity contribution in [2.24, 2.45) is 0 Å². The zero-order chi connectivity index (χ0) is 14.8. The highest BCUT2D eigenvalue weighted by Crippen LogP contribution is 2.13. The van der Waals surface area contributed by atoms with E-state index in [9.17, 15) is 9.59 Å². The van der Waals surface area contributed by atoms with Crippen LogP contribution in [0.15, 0.2) is 57.7 Å². The molecule has 0 aliphatic rings. The molecule has 3 N–H and O–H groups in total. The number of carbonyl (C=O) groups is 1. The molecule has 6 nitrogen and oxygen atoms in total. The first-order chi connectivity index (χ1) is 10.1. The predicted molar refractivity (Wildman–Crippen MR) is 80.0 cm³/mol. The summed E-state index contributed by atoms with van der Waals surface area (Å²) in [5.41, 5.74) is 7.87. The van der Waals surface area contributed by atoms with Crippen LogP contribution in [-0.4, -0.2) is 10.5 Å². The van der Waals surface area contributed by atoms with Gasteiger partial charge in [0.05, 0.1) is 5.52 Å². The van der Waals surface area contributed by atoms with Crippen molar-refractivity contribution in [2.75, 3.05) is 11.1 Å². The SMILES string of the molecule is Nc1ccc(NC(=O)Cn2c(=O)oc3ccccc32)cc1. The van der Waals surface area contributed by atoms with Crippen LogP contribution in [0.3, 0.4) is 0 Å². The Kier molecular flexibility index (Phi) is 3.19. The van der Waals surface area contributed by atoms with Crippen molar-refractivity contribution >= 4 is 28.4 Å². The molecule has 0 fully saturated rings. The standard InChI is InChI=1S/C15H13N3O3/c16-10-5-7-11(8-6-10)17-14(19)9-18-12-3-1-2-4-13(12)21-15(18)20/h1-8H,9,16H2,(H,17,19). The maximum absolute atomic E-state index is 12.0. The zero-order valence-electron chi connectivity index (χ0n) is 11.1. The van der Waals surface area contributed by atoms with Gasteiger partial charge in [-0.2, -0.15) is 0 Å². The number of amides is 1. The minimum atomic E-state index is -0.552. The number of oxazole rings is 1. The summed E-state index contributed by atoms with van der Waals surface area (Å²) in [6.07, 6.45) is 0. The third-order valence-electron chi connectivity index (χ3n) is 3.07. The number of nitrogens with zero attached hydrogens (tertiary/aromatic N) is 1. The molecule has 1 amide bonds. The highest BCUT2D eigenvalue weighted by molar-refractivity contribution is 5.91. The van der Waals surface area contributed by atoms with Crippen molar-refractivity contribution in [1.82, 2.24) is 4.57 Å². The van der Waals surface area contributed by atoms with E-state index in [4.69, 9.17) is 10.2 Å². The molecule has 0 atom stereocenters. The van der Waals surface area contributed by atoms with Crippen LogP contribution >= 0.6 is 0 Å². The summed E-state index contributed by atoms with van der Waals surface area (Å²) in [6.45, 7) is -0.111. The fraction of sp³-hybridized carbons (Fsp3) is 0.0667. The second-order valence-corrected chi connectivity index (χ2v) is 4.59. The Morgan fingerprint density at radius 3 is 2.62 bits per heavy atom. The van der Waals surface area contributed by atoms with Gasteiger partial charge in [-0.25, -0.2) is 4.79 Å². The lowest BCUT2D eigenvalue weighted by Crippen LogP contribution is -2.24. The highest BCUT2D eigenvalue weighted by Gasteiger charge is 2.12. The van der Waals surface area contributed by atoms with E-state index < -0.39 is 5.76 Å². The number of rotatable bonds is 3.